The first-order valence-corrected chi connectivity index (χ1v) is 11.4. The second-order valence-electron chi connectivity index (χ2n) is 8.47. The van der Waals surface area contributed by atoms with Crippen LogP contribution >= 0.6 is 11.6 Å². The number of hydrogen-bond donors (Lipinski definition) is 1. The molecule has 0 bridgehead atoms. The van der Waals surface area contributed by atoms with Gasteiger partial charge in [0.2, 0.25) is 0 Å². The number of benzene rings is 1. The van der Waals surface area contributed by atoms with Crippen LogP contribution in [-0.4, -0.2) is 37.2 Å². The molecule has 1 N–H and O–H groups in total. The van der Waals surface area contributed by atoms with Gasteiger partial charge in [0.1, 0.15) is 5.82 Å². The standard InChI is InChI=1S/C24H29ClN6O/c1-15-7-12-21(16(2)26-15)17(3)27-24(32)30-13-5-6-22(30)23-29-28-18(4)31(23)14-19-8-10-20(25)11-9-19/h7-12,17,22H,5-6,13-14H2,1-4H3,(H,27,32)/t17-,22+/m0/s1. The van der Waals surface area contributed by atoms with Crippen molar-refractivity contribution in [2.24, 2.45) is 0 Å². The van der Waals surface area contributed by atoms with Gasteiger partial charge >= 0.3 is 6.03 Å². The first kappa shape index (κ1) is 22.3. The Labute approximate surface area is 193 Å². The second-order valence-corrected chi connectivity index (χ2v) is 8.90. The SMILES string of the molecule is Cc1ccc([C@H](C)NC(=O)N2CCC[C@@H]2c2nnc(C)n2Cc2ccc(Cl)cc2)c(C)n1. The lowest BCUT2D eigenvalue weighted by Gasteiger charge is -2.27. The molecule has 0 saturated carbocycles. The van der Waals surface area contributed by atoms with Crippen LogP contribution < -0.4 is 5.32 Å². The molecule has 0 unspecified atom stereocenters. The quantitative estimate of drug-likeness (QED) is 0.596. The number of carbonyl (C=O) groups is 1. The van der Waals surface area contributed by atoms with Crippen molar-refractivity contribution in [3.8, 4) is 0 Å². The lowest BCUT2D eigenvalue weighted by atomic mass is 10.1. The van der Waals surface area contributed by atoms with Gasteiger partial charge in [0.05, 0.1) is 18.6 Å². The Morgan fingerprint density at radius 3 is 2.62 bits per heavy atom. The van der Waals surface area contributed by atoms with E-state index in [1.807, 2.05) is 69.0 Å². The number of rotatable bonds is 5. The predicted octanol–water partition coefficient (Wildman–Crippen LogP) is 4.91. The van der Waals surface area contributed by atoms with E-state index in [9.17, 15) is 4.79 Å². The molecule has 1 aliphatic rings. The van der Waals surface area contributed by atoms with Crippen molar-refractivity contribution in [3.05, 3.63) is 75.6 Å². The van der Waals surface area contributed by atoms with Gasteiger partial charge in [-0.15, -0.1) is 10.2 Å². The third-order valence-electron chi connectivity index (χ3n) is 6.10. The highest BCUT2D eigenvalue weighted by Crippen LogP contribution is 2.32. The van der Waals surface area contributed by atoms with Gasteiger partial charge in [-0.1, -0.05) is 29.8 Å². The normalized spacial score (nSPS) is 16.9. The lowest BCUT2D eigenvalue weighted by molar-refractivity contribution is 0.186. The Morgan fingerprint density at radius 2 is 1.91 bits per heavy atom. The molecule has 32 heavy (non-hydrogen) atoms. The van der Waals surface area contributed by atoms with Gasteiger partial charge in [-0.25, -0.2) is 4.79 Å². The first-order valence-electron chi connectivity index (χ1n) is 11.0. The molecular weight excluding hydrogens is 424 g/mol. The number of urea groups is 1. The molecule has 8 heteroatoms. The highest BCUT2D eigenvalue weighted by atomic mass is 35.5. The van der Waals surface area contributed by atoms with Crippen molar-refractivity contribution in [2.45, 2.75) is 59.2 Å². The van der Waals surface area contributed by atoms with E-state index in [0.29, 0.717) is 18.1 Å². The maximum atomic E-state index is 13.2. The summed E-state index contributed by atoms with van der Waals surface area (Å²) in [4.78, 5) is 19.6. The molecule has 0 spiro atoms. The van der Waals surface area contributed by atoms with E-state index in [0.717, 1.165) is 47.0 Å². The molecule has 4 rings (SSSR count). The van der Waals surface area contributed by atoms with Crippen LogP contribution in [0.4, 0.5) is 4.79 Å². The van der Waals surface area contributed by atoms with Gasteiger partial charge in [-0.05, 0) is 69.9 Å². The van der Waals surface area contributed by atoms with Crippen LogP contribution in [0.1, 0.15) is 66.0 Å². The number of aromatic nitrogens is 4. The van der Waals surface area contributed by atoms with Crippen molar-refractivity contribution >= 4 is 17.6 Å². The highest BCUT2D eigenvalue weighted by Gasteiger charge is 2.34. The summed E-state index contributed by atoms with van der Waals surface area (Å²) in [5, 5.41) is 12.6. The summed E-state index contributed by atoms with van der Waals surface area (Å²) < 4.78 is 2.09. The lowest BCUT2D eigenvalue weighted by Crippen LogP contribution is -2.41. The van der Waals surface area contributed by atoms with Crippen LogP contribution in [0.25, 0.3) is 0 Å². The van der Waals surface area contributed by atoms with Crippen LogP contribution in [0.15, 0.2) is 36.4 Å². The van der Waals surface area contributed by atoms with Crippen LogP contribution in [0, 0.1) is 20.8 Å². The first-order chi connectivity index (χ1) is 15.3. The van der Waals surface area contributed by atoms with Crippen LogP contribution in [0.3, 0.4) is 0 Å². The van der Waals surface area contributed by atoms with Gasteiger partial charge < -0.3 is 14.8 Å². The minimum Gasteiger partial charge on any atom is -0.331 e. The summed E-state index contributed by atoms with van der Waals surface area (Å²) >= 11 is 6.03. The molecule has 2 amide bonds. The van der Waals surface area contributed by atoms with E-state index >= 15 is 0 Å². The summed E-state index contributed by atoms with van der Waals surface area (Å²) in [6, 6.07) is 11.5. The number of hydrogen-bond acceptors (Lipinski definition) is 4. The zero-order valence-corrected chi connectivity index (χ0v) is 19.7. The van der Waals surface area contributed by atoms with Crippen LogP contribution in [0.2, 0.25) is 5.02 Å². The topological polar surface area (TPSA) is 75.9 Å². The Bertz CT molecular complexity index is 1110. The molecule has 7 nitrogen and oxygen atoms in total. The van der Waals surface area contributed by atoms with Crippen molar-refractivity contribution in [2.75, 3.05) is 6.54 Å². The van der Waals surface area contributed by atoms with E-state index in [4.69, 9.17) is 11.6 Å². The fourth-order valence-electron chi connectivity index (χ4n) is 4.39. The van der Waals surface area contributed by atoms with Crippen molar-refractivity contribution in [1.29, 1.82) is 0 Å². The van der Waals surface area contributed by atoms with Gasteiger partial charge in [0, 0.05) is 23.0 Å². The van der Waals surface area contributed by atoms with Crippen molar-refractivity contribution in [3.63, 3.8) is 0 Å². The Balaban J connectivity index is 1.52. The summed E-state index contributed by atoms with van der Waals surface area (Å²) in [7, 11) is 0. The molecule has 1 saturated heterocycles. The monoisotopic (exact) mass is 452 g/mol. The van der Waals surface area contributed by atoms with E-state index in [1.54, 1.807) is 0 Å². The average molecular weight is 453 g/mol. The average Bonchev–Trinajstić information content (AvgIpc) is 3.36. The second kappa shape index (κ2) is 9.28. The molecule has 1 fully saturated rings. The minimum atomic E-state index is -0.134. The fraction of sp³-hybridized carbons (Fsp3) is 0.417. The van der Waals surface area contributed by atoms with Crippen LogP contribution in [-0.2, 0) is 6.54 Å². The fourth-order valence-corrected chi connectivity index (χ4v) is 4.52. The zero-order valence-electron chi connectivity index (χ0n) is 19.0. The molecule has 2 aromatic heterocycles. The van der Waals surface area contributed by atoms with E-state index in [-0.39, 0.29) is 18.1 Å². The number of amides is 2. The van der Waals surface area contributed by atoms with Crippen molar-refractivity contribution < 1.29 is 4.79 Å². The summed E-state index contributed by atoms with van der Waals surface area (Å²) in [5.41, 5.74) is 4.05. The number of nitrogens with zero attached hydrogens (tertiary/aromatic N) is 5. The molecule has 1 aromatic carbocycles. The summed E-state index contributed by atoms with van der Waals surface area (Å²) in [6.07, 6.45) is 1.80. The van der Waals surface area contributed by atoms with Gasteiger partial charge in [-0.2, -0.15) is 0 Å². The van der Waals surface area contributed by atoms with Gasteiger partial charge in [-0.3, -0.25) is 4.98 Å². The molecule has 2 atom stereocenters. The largest absolute Gasteiger partial charge is 0.331 e. The maximum absolute atomic E-state index is 13.2. The summed E-state index contributed by atoms with van der Waals surface area (Å²) in [6.45, 7) is 9.22. The van der Waals surface area contributed by atoms with E-state index in [1.165, 1.54) is 0 Å². The van der Waals surface area contributed by atoms with E-state index < -0.39 is 0 Å². The highest BCUT2D eigenvalue weighted by molar-refractivity contribution is 6.30. The maximum Gasteiger partial charge on any atom is 0.318 e. The molecule has 168 valence electrons. The number of likely N-dealkylation sites (tertiary alicyclic amines) is 1. The number of carbonyl (C=O) groups excluding carboxylic acids is 1. The molecule has 0 radical (unpaired) electrons. The van der Waals surface area contributed by atoms with Gasteiger partial charge in [0.15, 0.2) is 5.82 Å². The smallest absolute Gasteiger partial charge is 0.318 e. The molecule has 3 heterocycles. The predicted molar refractivity (Wildman–Crippen MR) is 125 cm³/mol. The Kier molecular flexibility index (Phi) is 6.46. The number of aryl methyl sites for hydroxylation is 3. The molecular formula is C24H29ClN6O. The Hall–Kier alpha value is -2.93. The molecule has 0 aliphatic carbocycles. The molecule has 1 aliphatic heterocycles. The van der Waals surface area contributed by atoms with Crippen molar-refractivity contribution in [1.82, 2.24) is 30.0 Å². The van der Waals surface area contributed by atoms with Gasteiger partial charge in [0.25, 0.3) is 0 Å². The minimum absolute atomic E-state index is 0.0846. The Morgan fingerprint density at radius 1 is 1.16 bits per heavy atom. The number of nitrogens with one attached hydrogen (secondary N) is 1. The third kappa shape index (κ3) is 4.63. The number of halogens is 1. The number of pyridine rings is 1. The third-order valence-corrected chi connectivity index (χ3v) is 6.35. The van der Waals surface area contributed by atoms with Crippen LogP contribution in [0.5, 0.6) is 0 Å². The molecule has 3 aromatic rings. The van der Waals surface area contributed by atoms with E-state index in [2.05, 4.69) is 25.1 Å². The summed E-state index contributed by atoms with van der Waals surface area (Å²) in [5.74, 6) is 1.66. The zero-order chi connectivity index (χ0) is 22.8.